The second-order valence-corrected chi connectivity index (χ2v) is 12.9. The highest BCUT2D eigenvalue weighted by Crippen LogP contribution is 2.81. The van der Waals surface area contributed by atoms with E-state index in [0.717, 1.165) is 17.9 Å². The Hall–Kier alpha value is -3.86. The van der Waals surface area contributed by atoms with Crippen molar-refractivity contribution in [3.8, 4) is 39.1 Å². The molecule has 4 aliphatic rings. The Bertz CT molecular complexity index is 1750. The number of hydrogen-bond donors (Lipinski definition) is 0. The molecule has 0 bridgehead atoms. The molecule has 3 nitrogen and oxygen atoms in total. The van der Waals surface area contributed by atoms with Gasteiger partial charge in [0.1, 0.15) is 11.5 Å². The first-order chi connectivity index (χ1) is 20.7. The van der Waals surface area contributed by atoms with Crippen molar-refractivity contribution < 1.29 is 14.0 Å². The van der Waals surface area contributed by atoms with Crippen LogP contribution in [0, 0.1) is 0 Å². The van der Waals surface area contributed by atoms with Crippen LogP contribution in [0.3, 0.4) is 0 Å². The molecule has 0 aromatic heterocycles. The molecule has 8 rings (SSSR count). The lowest BCUT2D eigenvalue weighted by Crippen LogP contribution is -2.41. The van der Waals surface area contributed by atoms with Crippen LogP contribution in [0.15, 0.2) is 121 Å². The van der Waals surface area contributed by atoms with E-state index in [2.05, 4.69) is 143 Å². The summed E-state index contributed by atoms with van der Waals surface area (Å²) in [6.07, 6.45) is 7.45. The molecule has 43 heavy (non-hydrogen) atoms. The van der Waals surface area contributed by atoms with E-state index in [0.29, 0.717) is 0 Å². The van der Waals surface area contributed by atoms with Gasteiger partial charge in [-0.2, -0.15) is 0 Å². The fraction of sp³-hybridized carbons (Fsp3) is 0.282. The SMILES string of the molecule is CC.CC1(C)OB(C23C=CC=C4Oc5ccc(-c6cccc(-c7cccc(-c8ccccc8)c7)c6)cc5C42C3)OC1(C)C. The van der Waals surface area contributed by atoms with Gasteiger partial charge < -0.3 is 14.0 Å². The quantitative estimate of drug-likeness (QED) is 0.230. The van der Waals surface area contributed by atoms with Gasteiger partial charge in [0.2, 0.25) is 0 Å². The monoisotopic (exact) mass is 566 g/mol. The van der Waals surface area contributed by atoms with Gasteiger partial charge in [-0.15, -0.1) is 0 Å². The summed E-state index contributed by atoms with van der Waals surface area (Å²) in [5.74, 6) is 1.95. The van der Waals surface area contributed by atoms with Crippen molar-refractivity contribution in [1.29, 1.82) is 0 Å². The van der Waals surface area contributed by atoms with Gasteiger partial charge >= 0.3 is 7.12 Å². The van der Waals surface area contributed by atoms with E-state index >= 15 is 0 Å². The van der Waals surface area contributed by atoms with Crippen LogP contribution < -0.4 is 4.74 Å². The summed E-state index contributed by atoms with van der Waals surface area (Å²) in [5, 5.41) is -0.272. The minimum Gasteiger partial charge on any atom is -0.460 e. The molecule has 2 aliphatic carbocycles. The highest BCUT2D eigenvalue weighted by Gasteiger charge is 2.81. The Morgan fingerprint density at radius 3 is 1.74 bits per heavy atom. The van der Waals surface area contributed by atoms with E-state index in [1.54, 1.807) is 0 Å². The van der Waals surface area contributed by atoms with Crippen LogP contribution in [-0.4, -0.2) is 18.3 Å². The second-order valence-electron chi connectivity index (χ2n) is 12.9. The molecular formula is C39H39BO3. The molecule has 0 radical (unpaired) electrons. The van der Waals surface area contributed by atoms with Crippen LogP contribution in [0.25, 0.3) is 33.4 Å². The van der Waals surface area contributed by atoms with Gasteiger partial charge in [-0.25, -0.2) is 0 Å². The molecule has 2 heterocycles. The summed E-state index contributed by atoms with van der Waals surface area (Å²) in [6, 6.07) is 34.8. The number of rotatable bonds is 4. The van der Waals surface area contributed by atoms with Crippen molar-refractivity contribution in [2.24, 2.45) is 0 Å². The van der Waals surface area contributed by atoms with E-state index in [4.69, 9.17) is 14.0 Å². The topological polar surface area (TPSA) is 27.7 Å². The average Bonchev–Trinajstić information content (AvgIpc) is 3.57. The summed E-state index contributed by atoms with van der Waals surface area (Å²) < 4.78 is 19.7. The smallest absolute Gasteiger partial charge is 0.460 e. The third-order valence-corrected chi connectivity index (χ3v) is 10.1. The maximum Gasteiger partial charge on any atom is 0.470 e. The van der Waals surface area contributed by atoms with Gasteiger partial charge in [-0.3, -0.25) is 0 Å². The molecule has 4 aromatic carbocycles. The number of fused-ring (bicyclic) bond motifs is 1. The van der Waals surface area contributed by atoms with E-state index in [1.807, 2.05) is 13.8 Å². The van der Waals surface area contributed by atoms with Crippen molar-refractivity contribution in [2.75, 3.05) is 0 Å². The van der Waals surface area contributed by atoms with Gasteiger partial charge in [0, 0.05) is 10.9 Å². The van der Waals surface area contributed by atoms with Crippen LogP contribution in [0.5, 0.6) is 5.75 Å². The minimum absolute atomic E-state index is 0.254. The molecule has 1 saturated heterocycles. The molecule has 2 aliphatic heterocycles. The highest BCUT2D eigenvalue weighted by molar-refractivity contribution is 6.53. The summed E-state index contributed by atoms with van der Waals surface area (Å²) >= 11 is 0. The zero-order chi connectivity index (χ0) is 30.0. The highest BCUT2D eigenvalue weighted by atomic mass is 16.7. The predicted molar refractivity (Wildman–Crippen MR) is 177 cm³/mol. The van der Waals surface area contributed by atoms with Crippen molar-refractivity contribution in [2.45, 2.75) is 69.9 Å². The Morgan fingerprint density at radius 1 is 0.605 bits per heavy atom. The number of benzene rings is 4. The normalized spacial score (nSPS) is 25.0. The fourth-order valence-electron chi connectivity index (χ4n) is 7.02. The molecular weight excluding hydrogens is 527 g/mol. The van der Waals surface area contributed by atoms with Crippen molar-refractivity contribution in [3.63, 3.8) is 0 Å². The van der Waals surface area contributed by atoms with Crippen molar-refractivity contribution in [1.82, 2.24) is 0 Å². The van der Waals surface area contributed by atoms with Gasteiger partial charge in [0.05, 0.1) is 16.6 Å². The Kier molecular flexibility index (Phi) is 6.39. The summed E-state index contributed by atoms with van der Waals surface area (Å²) in [7, 11) is -0.328. The lowest BCUT2D eigenvalue weighted by Gasteiger charge is -2.32. The van der Waals surface area contributed by atoms with Crippen LogP contribution >= 0.6 is 0 Å². The maximum atomic E-state index is 6.63. The Balaban J connectivity index is 0.00000147. The van der Waals surface area contributed by atoms with E-state index in [-0.39, 0.29) is 29.0 Å². The number of allylic oxidation sites excluding steroid dienone is 4. The number of ether oxygens (including phenoxy) is 1. The molecule has 216 valence electrons. The summed E-state index contributed by atoms with van der Waals surface area (Å²) in [4.78, 5) is 0. The van der Waals surface area contributed by atoms with Gasteiger partial charge in [-0.1, -0.05) is 98.8 Å². The van der Waals surface area contributed by atoms with Crippen molar-refractivity contribution in [3.05, 3.63) is 127 Å². The first-order valence-corrected chi connectivity index (χ1v) is 15.6. The van der Waals surface area contributed by atoms with Gasteiger partial charge in [0.25, 0.3) is 0 Å². The Labute approximate surface area is 256 Å². The van der Waals surface area contributed by atoms with Crippen molar-refractivity contribution >= 4 is 7.12 Å². The third kappa shape index (κ3) is 4.11. The lowest BCUT2D eigenvalue weighted by atomic mass is 9.60. The average molecular weight is 567 g/mol. The van der Waals surface area contributed by atoms with E-state index in [9.17, 15) is 0 Å². The van der Waals surface area contributed by atoms with Crippen LogP contribution in [0.1, 0.15) is 53.5 Å². The molecule has 1 saturated carbocycles. The van der Waals surface area contributed by atoms with E-state index in [1.165, 1.54) is 38.9 Å². The maximum absolute atomic E-state index is 6.63. The molecule has 4 aromatic rings. The predicted octanol–water partition coefficient (Wildman–Crippen LogP) is 10.0. The third-order valence-electron chi connectivity index (χ3n) is 10.1. The Morgan fingerprint density at radius 2 is 1.14 bits per heavy atom. The van der Waals surface area contributed by atoms with Crippen LogP contribution in [-0.2, 0) is 14.7 Å². The molecule has 1 spiro atoms. The van der Waals surface area contributed by atoms with Crippen LogP contribution in [0.2, 0.25) is 5.31 Å². The standard InChI is InChI=1S/C37H33BO3.C2H6/c1-34(2)35(3,4)41-38(40-34)36-20-10-17-33-37(36,24-36)31-23-30(18-19-32(31)39-33)29-16-9-15-28(22-29)27-14-8-13-26(21-27)25-11-6-5-7-12-25;1-2/h5-23H,24H2,1-4H3;1-2H3. The first-order valence-electron chi connectivity index (χ1n) is 15.6. The zero-order valence-corrected chi connectivity index (χ0v) is 26.0. The van der Waals surface area contributed by atoms with Crippen LogP contribution in [0.4, 0.5) is 0 Å². The molecule has 0 N–H and O–H groups in total. The molecule has 4 heteroatoms. The molecule has 2 unspecified atom stereocenters. The molecule has 0 amide bonds. The largest absolute Gasteiger partial charge is 0.470 e. The fourth-order valence-corrected chi connectivity index (χ4v) is 7.02. The van der Waals surface area contributed by atoms with Gasteiger partial charge in [0.15, 0.2) is 0 Å². The molecule has 2 fully saturated rings. The van der Waals surface area contributed by atoms with Gasteiger partial charge in [-0.05, 0) is 97.8 Å². The minimum atomic E-state index is -0.381. The van der Waals surface area contributed by atoms with E-state index < -0.39 is 0 Å². The zero-order valence-electron chi connectivity index (χ0n) is 26.0. The number of hydrogen-bond acceptors (Lipinski definition) is 3. The summed E-state index contributed by atoms with van der Waals surface area (Å²) in [5.41, 5.74) is 7.46. The first kappa shape index (κ1) is 27.9. The summed E-state index contributed by atoms with van der Waals surface area (Å²) in [6.45, 7) is 12.5. The lowest BCUT2D eigenvalue weighted by molar-refractivity contribution is 0.00578. The second kappa shape index (κ2) is 9.84. The molecule has 2 atom stereocenters.